The van der Waals surface area contributed by atoms with E-state index in [0.717, 1.165) is 5.92 Å². The molecule has 94 valence electrons. The molecule has 1 rings (SSSR count). The zero-order chi connectivity index (χ0) is 12.0. The van der Waals surface area contributed by atoms with Crippen molar-refractivity contribution >= 4 is 5.96 Å². The highest BCUT2D eigenvalue weighted by Crippen LogP contribution is 2.29. The van der Waals surface area contributed by atoms with Gasteiger partial charge in [0.05, 0.1) is 6.04 Å². The van der Waals surface area contributed by atoms with Crippen LogP contribution in [0.5, 0.6) is 0 Å². The van der Waals surface area contributed by atoms with Gasteiger partial charge in [-0.15, -0.1) is 0 Å². The van der Waals surface area contributed by atoms with Crippen molar-refractivity contribution < 1.29 is 0 Å². The molecule has 1 saturated carbocycles. The molecule has 3 N–H and O–H groups in total. The lowest BCUT2D eigenvalue weighted by atomic mass is 9.84. The first-order chi connectivity index (χ1) is 7.61. The molecule has 3 nitrogen and oxygen atoms in total. The van der Waals surface area contributed by atoms with E-state index in [-0.39, 0.29) is 0 Å². The van der Waals surface area contributed by atoms with Crippen molar-refractivity contribution in [2.75, 3.05) is 0 Å². The van der Waals surface area contributed by atoms with Gasteiger partial charge in [-0.1, -0.05) is 19.8 Å². The van der Waals surface area contributed by atoms with Gasteiger partial charge >= 0.3 is 0 Å². The number of nitrogens with one attached hydrogen (secondary N) is 1. The Kier molecular flexibility index (Phi) is 5.64. The van der Waals surface area contributed by atoms with Crippen LogP contribution < -0.4 is 11.1 Å². The second kappa shape index (κ2) is 6.77. The van der Waals surface area contributed by atoms with E-state index in [2.05, 4.69) is 31.1 Å². The molecule has 0 heterocycles. The topological polar surface area (TPSA) is 50.4 Å². The Hall–Kier alpha value is -0.730. The van der Waals surface area contributed by atoms with Crippen molar-refractivity contribution in [2.24, 2.45) is 16.6 Å². The highest BCUT2D eigenvalue weighted by atomic mass is 15.1. The molecule has 0 aromatic heterocycles. The van der Waals surface area contributed by atoms with Crippen LogP contribution in [-0.4, -0.2) is 18.0 Å². The van der Waals surface area contributed by atoms with Crippen LogP contribution in [0.15, 0.2) is 4.99 Å². The van der Waals surface area contributed by atoms with Gasteiger partial charge in [-0.25, -0.2) is 0 Å². The normalized spacial score (nSPS) is 27.1. The van der Waals surface area contributed by atoms with Gasteiger partial charge in [-0.05, 0) is 45.4 Å². The number of nitrogens with two attached hydrogens (primary N) is 1. The molecular weight excluding hydrogens is 198 g/mol. The maximum absolute atomic E-state index is 5.84. The third-order valence-electron chi connectivity index (χ3n) is 3.27. The standard InChI is InChI=1S/C13H27N3/c1-4-5-11-6-8-12(9-7-11)16-13(14)15-10(2)3/h10-12H,4-9H2,1-3H3,(H3,14,15,16). The molecule has 0 saturated heterocycles. The first kappa shape index (κ1) is 13.3. The summed E-state index contributed by atoms with van der Waals surface area (Å²) in [5, 5.41) is 3.15. The van der Waals surface area contributed by atoms with Crippen LogP contribution in [0.4, 0.5) is 0 Å². The molecular formula is C13H27N3. The van der Waals surface area contributed by atoms with E-state index in [1.807, 2.05) is 0 Å². The van der Waals surface area contributed by atoms with Crippen molar-refractivity contribution in [3.8, 4) is 0 Å². The molecule has 0 aromatic carbocycles. The van der Waals surface area contributed by atoms with Gasteiger partial charge < -0.3 is 11.1 Å². The summed E-state index contributed by atoms with van der Waals surface area (Å²) in [5.41, 5.74) is 5.84. The lowest BCUT2D eigenvalue weighted by molar-refractivity contribution is 0.309. The molecule has 16 heavy (non-hydrogen) atoms. The fraction of sp³-hybridized carbons (Fsp3) is 0.923. The molecule has 1 aliphatic carbocycles. The van der Waals surface area contributed by atoms with Crippen LogP contribution in [0, 0.1) is 5.92 Å². The number of rotatable bonds is 4. The van der Waals surface area contributed by atoms with Gasteiger partial charge in [0.15, 0.2) is 5.96 Å². The van der Waals surface area contributed by atoms with E-state index in [9.17, 15) is 0 Å². The Morgan fingerprint density at radius 3 is 2.44 bits per heavy atom. The second-order valence-electron chi connectivity index (χ2n) is 5.28. The zero-order valence-electron chi connectivity index (χ0n) is 11.0. The Labute approximate surface area is 99.9 Å². The number of nitrogens with zero attached hydrogens (tertiary/aromatic N) is 1. The van der Waals surface area contributed by atoms with Gasteiger partial charge in [-0.2, -0.15) is 0 Å². The second-order valence-corrected chi connectivity index (χ2v) is 5.28. The molecule has 1 aliphatic rings. The van der Waals surface area contributed by atoms with Gasteiger partial charge in [-0.3, -0.25) is 4.99 Å². The largest absolute Gasteiger partial charge is 0.370 e. The molecule has 0 unspecified atom stereocenters. The average molecular weight is 225 g/mol. The van der Waals surface area contributed by atoms with Crippen molar-refractivity contribution in [1.29, 1.82) is 0 Å². The highest BCUT2D eigenvalue weighted by Gasteiger charge is 2.20. The van der Waals surface area contributed by atoms with E-state index in [0.29, 0.717) is 18.0 Å². The molecule has 3 heteroatoms. The summed E-state index contributed by atoms with van der Waals surface area (Å²) in [6.07, 6.45) is 7.79. The van der Waals surface area contributed by atoms with Crippen LogP contribution >= 0.6 is 0 Å². The van der Waals surface area contributed by atoms with Crippen LogP contribution in [0.1, 0.15) is 59.3 Å². The molecule has 0 atom stereocenters. The van der Waals surface area contributed by atoms with Crippen molar-refractivity contribution in [1.82, 2.24) is 5.32 Å². The predicted molar refractivity (Wildman–Crippen MR) is 70.5 cm³/mol. The first-order valence-electron chi connectivity index (χ1n) is 6.71. The molecule has 0 amide bonds. The number of aliphatic imine (C=N–C) groups is 1. The summed E-state index contributed by atoms with van der Waals surface area (Å²) in [6, 6.07) is 0.833. The lowest BCUT2D eigenvalue weighted by Gasteiger charge is -2.26. The highest BCUT2D eigenvalue weighted by molar-refractivity contribution is 5.78. The molecule has 0 spiro atoms. The quantitative estimate of drug-likeness (QED) is 0.571. The number of hydrogen-bond acceptors (Lipinski definition) is 1. The summed E-state index contributed by atoms with van der Waals surface area (Å²) >= 11 is 0. The summed E-state index contributed by atoms with van der Waals surface area (Å²) in [6.45, 7) is 6.44. The SMILES string of the molecule is CCCC1CCC(N=C(N)NC(C)C)CC1. The van der Waals surface area contributed by atoms with E-state index in [4.69, 9.17) is 5.73 Å². The van der Waals surface area contributed by atoms with Crippen LogP contribution in [0.3, 0.4) is 0 Å². The molecule has 0 radical (unpaired) electrons. The molecule has 0 aromatic rings. The Morgan fingerprint density at radius 1 is 1.31 bits per heavy atom. The minimum absolute atomic E-state index is 0.375. The Bertz CT molecular complexity index is 215. The third-order valence-corrected chi connectivity index (χ3v) is 3.27. The van der Waals surface area contributed by atoms with Crippen LogP contribution in [0.2, 0.25) is 0 Å². The smallest absolute Gasteiger partial charge is 0.189 e. The lowest BCUT2D eigenvalue weighted by Crippen LogP contribution is -2.38. The van der Waals surface area contributed by atoms with Crippen molar-refractivity contribution in [3.63, 3.8) is 0 Å². The maximum atomic E-state index is 5.84. The monoisotopic (exact) mass is 225 g/mol. The van der Waals surface area contributed by atoms with E-state index < -0.39 is 0 Å². The fourth-order valence-corrected chi connectivity index (χ4v) is 2.50. The van der Waals surface area contributed by atoms with Gasteiger partial charge in [0, 0.05) is 6.04 Å². The van der Waals surface area contributed by atoms with Gasteiger partial charge in [0.1, 0.15) is 0 Å². The minimum Gasteiger partial charge on any atom is -0.370 e. The number of hydrogen-bond donors (Lipinski definition) is 2. The molecule has 1 fully saturated rings. The number of guanidine groups is 1. The Morgan fingerprint density at radius 2 is 1.94 bits per heavy atom. The van der Waals surface area contributed by atoms with E-state index in [1.165, 1.54) is 38.5 Å². The zero-order valence-corrected chi connectivity index (χ0v) is 11.0. The van der Waals surface area contributed by atoms with Gasteiger partial charge in [0.2, 0.25) is 0 Å². The summed E-state index contributed by atoms with van der Waals surface area (Å²) in [7, 11) is 0. The maximum Gasteiger partial charge on any atom is 0.189 e. The Balaban J connectivity index is 2.30. The van der Waals surface area contributed by atoms with E-state index in [1.54, 1.807) is 0 Å². The van der Waals surface area contributed by atoms with Crippen LogP contribution in [0.25, 0.3) is 0 Å². The predicted octanol–water partition coefficient (Wildman–Crippen LogP) is 2.66. The van der Waals surface area contributed by atoms with Crippen molar-refractivity contribution in [2.45, 2.75) is 71.4 Å². The van der Waals surface area contributed by atoms with E-state index >= 15 is 0 Å². The third kappa shape index (κ3) is 4.86. The first-order valence-corrected chi connectivity index (χ1v) is 6.71. The fourth-order valence-electron chi connectivity index (χ4n) is 2.50. The average Bonchev–Trinajstić information content (AvgIpc) is 2.20. The summed E-state index contributed by atoms with van der Waals surface area (Å²) < 4.78 is 0. The summed E-state index contributed by atoms with van der Waals surface area (Å²) in [5.74, 6) is 1.56. The molecule has 0 aliphatic heterocycles. The summed E-state index contributed by atoms with van der Waals surface area (Å²) in [4.78, 5) is 4.55. The van der Waals surface area contributed by atoms with Crippen LogP contribution in [-0.2, 0) is 0 Å². The minimum atomic E-state index is 0.375. The van der Waals surface area contributed by atoms with Gasteiger partial charge in [0.25, 0.3) is 0 Å². The molecule has 0 bridgehead atoms. The van der Waals surface area contributed by atoms with Crippen molar-refractivity contribution in [3.05, 3.63) is 0 Å².